The molecule has 0 N–H and O–H groups in total. The van der Waals surface area contributed by atoms with Gasteiger partial charge in [0, 0.05) is 0 Å². The Bertz CT molecular complexity index is 413. The summed E-state index contributed by atoms with van der Waals surface area (Å²) in [5.74, 6) is 0.845. The molecule has 1 saturated carbocycles. The van der Waals surface area contributed by atoms with Crippen molar-refractivity contribution in [1.29, 1.82) is 0 Å². The molecular formula is C15H18. The normalized spacial score (nSPS) is 33.9. The molecule has 2 aliphatic rings. The van der Waals surface area contributed by atoms with Crippen LogP contribution in [0.25, 0.3) is 5.57 Å². The second kappa shape index (κ2) is 2.98. The zero-order chi connectivity index (χ0) is 10.5. The first-order valence-electron chi connectivity index (χ1n) is 5.97. The molecule has 0 radical (unpaired) electrons. The minimum Gasteiger partial charge on any atom is -0.0633 e. The second-order valence-corrected chi connectivity index (χ2v) is 5.41. The Morgan fingerprint density at radius 3 is 2.53 bits per heavy atom. The zero-order valence-electron chi connectivity index (χ0n) is 9.59. The van der Waals surface area contributed by atoms with E-state index in [-0.39, 0.29) is 0 Å². The van der Waals surface area contributed by atoms with E-state index in [9.17, 15) is 0 Å². The molecule has 1 aromatic carbocycles. The van der Waals surface area contributed by atoms with Crippen LogP contribution in [0.1, 0.15) is 38.7 Å². The lowest BCUT2D eigenvalue weighted by molar-refractivity contribution is 0.425. The summed E-state index contributed by atoms with van der Waals surface area (Å²) in [6, 6.07) is 11.0. The fraction of sp³-hybridized carbons (Fsp3) is 0.467. The van der Waals surface area contributed by atoms with E-state index < -0.39 is 0 Å². The van der Waals surface area contributed by atoms with Gasteiger partial charge in [0.25, 0.3) is 0 Å². The molecule has 0 amide bonds. The van der Waals surface area contributed by atoms with Crippen LogP contribution in [0.5, 0.6) is 0 Å². The van der Waals surface area contributed by atoms with E-state index in [4.69, 9.17) is 0 Å². The SMILES string of the molecule is CC1=C(c2ccccc2)C2CCC1(C)C2. The van der Waals surface area contributed by atoms with Gasteiger partial charge in [0.1, 0.15) is 0 Å². The second-order valence-electron chi connectivity index (χ2n) is 5.41. The fourth-order valence-electron chi connectivity index (χ4n) is 3.53. The van der Waals surface area contributed by atoms with Crippen LogP contribution in [0, 0.1) is 11.3 Å². The smallest absolute Gasteiger partial charge is 0.0107 e. The summed E-state index contributed by atoms with van der Waals surface area (Å²) in [6.07, 6.45) is 4.20. The first-order valence-corrected chi connectivity index (χ1v) is 5.97. The molecule has 3 rings (SSSR count). The van der Waals surface area contributed by atoms with Crippen LogP contribution in [0.3, 0.4) is 0 Å². The molecule has 2 aliphatic carbocycles. The maximum Gasteiger partial charge on any atom is -0.0107 e. The largest absolute Gasteiger partial charge is 0.0633 e. The quantitative estimate of drug-likeness (QED) is 0.632. The molecule has 2 unspecified atom stereocenters. The van der Waals surface area contributed by atoms with E-state index in [2.05, 4.69) is 44.2 Å². The molecule has 0 heteroatoms. The molecule has 0 nitrogen and oxygen atoms in total. The van der Waals surface area contributed by atoms with Crippen molar-refractivity contribution in [1.82, 2.24) is 0 Å². The third-order valence-electron chi connectivity index (χ3n) is 4.54. The van der Waals surface area contributed by atoms with E-state index >= 15 is 0 Å². The highest BCUT2D eigenvalue weighted by Gasteiger charge is 2.45. The molecule has 0 saturated heterocycles. The Labute approximate surface area is 92.0 Å². The maximum atomic E-state index is 2.44. The van der Waals surface area contributed by atoms with Crippen LogP contribution < -0.4 is 0 Å². The van der Waals surface area contributed by atoms with Crippen molar-refractivity contribution < 1.29 is 0 Å². The van der Waals surface area contributed by atoms with Gasteiger partial charge in [0.15, 0.2) is 0 Å². The maximum absolute atomic E-state index is 2.44. The summed E-state index contributed by atoms with van der Waals surface area (Å²) in [6.45, 7) is 4.79. The van der Waals surface area contributed by atoms with Crippen molar-refractivity contribution in [2.45, 2.75) is 33.1 Å². The molecule has 0 heterocycles. The van der Waals surface area contributed by atoms with Crippen molar-refractivity contribution >= 4 is 5.57 Å². The highest BCUT2D eigenvalue weighted by molar-refractivity contribution is 5.74. The molecule has 0 aromatic heterocycles. The van der Waals surface area contributed by atoms with Crippen molar-refractivity contribution in [2.24, 2.45) is 11.3 Å². The van der Waals surface area contributed by atoms with Crippen molar-refractivity contribution in [3.05, 3.63) is 41.5 Å². The summed E-state index contributed by atoms with van der Waals surface area (Å²) < 4.78 is 0. The molecule has 0 spiro atoms. The monoisotopic (exact) mass is 198 g/mol. The molecular weight excluding hydrogens is 180 g/mol. The van der Waals surface area contributed by atoms with Crippen molar-refractivity contribution in [2.75, 3.05) is 0 Å². The summed E-state index contributed by atoms with van der Waals surface area (Å²) in [7, 11) is 0. The molecule has 1 fully saturated rings. The fourth-order valence-corrected chi connectivity index (χ4v) is 3.53. The van der Waals surface area contributed by atoms with Crippen LogP contribution in [-0.4, -0.2) is 0 Å². The Kier molecular flexibility index (Phi) is 1.83. The van der Waals surface area contributed by atoms with Crippen LogP contribution in [0.4, 0.5) is 0 Å². The van der Waals surface area contributed by atoms with E-state index in [1.165, 1.54) is 24.8 Å². The summed E-state index contributed by atoms with van der Waals surface area (Å²) in [5.41, 5.74) is 5.30. The Balaban J connectivity index is 2.11. The topological polar surface area (TPSA) is 0 Å². The number of hydrogen-bond donors (Lipinski definition) is 0. The van der Waals surface area contributed by atoms with Gasteiger partial charge in [0.05, 0.1) is 0 Å². The molecule has 2 bridgehead atoms. The van der Waals surface area contributed by atoms with Crippen LogP contribution >= 0.6 is 0 Å². The van der Waals surface area contributed by atoms with E-state index in [1.54, 1.807) is 11.1 Å². The Morgan fingerprint density at radius 1 is 1.20 bits per heavy atom. The van der Waals surface area contributed by atoms with E-state index in [0.29, 0.717) is 5.41 Å². The Morgan fingerprint density at radius 2 is 1.93 bits per heavy atom. The van der Waals surface area contributed by atoms with Crippen molar-refractivity contribution in [3.8, 4) is 0 Å². The summed E-state index contributed by atoms with van der Waals surface area (Å²) in [5, 5.41) is 0. The van der Waals surface area contributed by atoms with Crippen LogP contribution in [0.2, 0.25) is 0 Å². The van der Waals surface area contributed by atoms with E-state index in [1.807, 2.05) is 0 Å². The van der Waals surface area contributed by atoms with Gasteiger partial charge in [-0.25, -0.2) is 0 Å². The number of rotatable bonds is 1. The standard InChI is InChI=1S/C15H18/c1-11-14(12-6-4-3-5-7-12)13-8-9-15(11,2)10-13/h3-7,13H,8-10H2,1-2H3. The predicted octanol–water partition coefficient (Wildman–Crippen LogP) is 4.28. The lowest BCUT2D eigenvalue weighted by Gasteiger charge is -2.25. The summed E-state index contributed by atoms with van der Waals surface area (Å²) >= 11 is 0. The first-order chi connectivity index (χ1) is 7.21. The number of benzene rings is 1. The van der Waals surface area contributed by atoms with Gasteiger partial charge in [-0.2, -0.15) is 0 Å². The molecule has 78 valence electrons. The van der Waals surface area contributed by atoms with Crippen LogP contribution in [0.15, 0.2) is 35.9 Å². The molecule has 2 atom stereocenters. The van der Waals surface area contributed by atoms with Crippen molar-refractivity contribution in [3.63, 3.8) is 0 Å². The predicted molar refractivity (Wildman–Crippen MR) is 64.5 cm³/mol. The average Bonchev–Trinajstić information content (AvgIpc) is 2.73. The van der Waals surface area contributed by atoms with Gasteiger partial charge in [-0.15, -0.1) is 0 Å². The lowest BCUT2D eigenvalue weighted by atomic mass is 9.80. The Hall–Kier alpha value is -1.04. The zero-order valence-corrected chi connectivity index (χ0v) is 9.59. The highest BCUT2D eigenvalue weighted by atomic mass is 14.5. The van der Waals surface area contributed by atoms with Gasteiger partial charge in [0.2, 0.25) is 0 Å². The molecule has 1 aromatic rings. The van der Waals surface area contributed by atoms with Gasteiger partial charge < -0.3 is 0 Å². The molecule has 15 heavy (non-hydrogen) atoms. The first kappa shape index (κ1) is 9.21. The summed E-state index contributed by atoms with van der Waals surface area (Å²) in [4.78, 5) is 0. The van der Waals surface area contributed by atoms with E-state index in [0.717, 1.165) is 5.92 Å². The van der Waals surface area contributed by atoms with Gasteiger partial charge >= 0.3 is 0 Å². The number of allylic oxidation sites excluding steroid dienone is 2. The molecule has 0 aliphatic heterocycles. The minimum absolute atomic E-state index is 0.524. The van der Waals surface area contributed by atoms with Crippen LogP contribution in [-0.2, 0) is 0 Å². The number of hydrogen-bond acceptors (Lipinski definition) is 0. The highest BCUT2D eigenvalue weighted by Crippen LogP contribution is 2.59. The van der Waals surface area contributed by atoms with Gasteiger partial charge in [-0.1, -0.05) is 42.8 Å². The van der Waals surface area contributed by atoms with Gasteiger partial charge in [-0.05, 0) is 48.7 Å². The number of fused-ring (bicyclic) bond motifs is 2. The average molecular weight is 198 g/mol. The van der Waals surface area contributed by atoms with Gasteiger partial charge in [-0.3, -0.25) is 0 Å². The third-order valence-corrected chi connectivity index (χ3v) is 4.54. The third kappa shape index (κ3) is 1.20. The minimum atomic E-state index is 0.524. The lowest BCUT2D eigenvalue weighted by Crippen LogP contribution is -2.11.